The summed E-state index contributed by atoms with van der Waals surface area (Å²) in [4.78, 5) is 34.8. The summed E-state index contributed by atoms with van der Waals surface area (Å²) in [5, 5.41) is 2.50. The van der Waals surface area contributed by atoms with E-state index in [4.69, 9.17) is 14.2 Å². The number of carbonyl (C=O) groups is 3. The summed E-state index contributed by atoms with van der Waals surface area (Å²) >= 11 is 0. The standard InChI is InChI=1S/C25H47NO6/c1-5-6-7-8-9-10-11-12-13-14-15-17-22(27)30-20-16-21-31-23(28)18-19-26-24(29)32-25(2,3)4/h5-21H2,1-4H3,(H,26,29). The second kappa shape index (κ2) is 19.9. The highest BCUT2D eigenvalue weighted by atomic mass is 16.6. The van der Waals surface area contributed by atoms with Gasteiger partial charge in [-0.1, -0.05) is 71.1 Å². The van der Waals surface area contributed by atoms with Gasteiger partial charge in [-0.15, -0.1) is 0 Å². The number of hydrogen-bond donors (Lipinski definition) is 1. The van der Waals surface area contributed by atoms with E-state index in [-0.39, 0.29) is 32.1 Å². The summed E-state index contributed by atoms with van der Waals surface area (Å²) in [6, 6.07) is 0. The van der Waals surface area contributed by atoms with Gasteiger partial charge in [0, 0.05) is 19.4 Å². The van der Waals surface area contributed by atoms with E-state index in [2.05, 4.69) is 12.2 Å². The quantitative estimate of drug-likeness (QED) is 0.144. The van der Waals surface area contributed by atoms with E-state index in [0.717, 1.165) is 12.8 Å². The Labute approximate surface area is 195 Å². The largest absolute Gasteiger partial charge is 0.466 e. The van der Waals surface area contributed by atoms with Crippen molar-refractivity contribution in [3.63, 3.8) is 0 Å². The third-order valence-electron chi connectivity index (χ3n) is 4.80. The molecule has 0 fully saturated rings. The van der Waals surface area contributed by atoms with Crippen molar-refractivity contribution in [1.82, 2.24) is 5.32 Å². The number of nitrogens with one attached hydrogen (secondary N) is 1. The topological polar surface area (TPSA) is 90.9 Å². The lowest BCUT2D eigenvalue weighted by Crippen LogP contribution is -2.33. The molecule has 7 nitrogen and oxygen atoms in total. The second-order valence-electron chi connectivity index (χ2n) is 9.26. The van der Waals surface area contributed by atoms with Crippen LogP contribution in [0.25, 0.3) is 0 Å². The summed E-state index contributed by atoms with van der Waals surface area (Å²) in [6.07, 6.45) is 14.2. The van der Waals surface area contributed by atoms with E-state index >= 15 is 0 Å². The van der Waals surface area contributed by atoms with Gasteiger partial charge in [0.1, 0.15) is 5.60 Å². The van der Waals surface area contributed by atoms with Crippen molar-refractivity contribution in [2.45, 2.75) is 123 Å². The van der Waals surface area contributed by atoms with E-state index in [1.807, 2.05) is 0 Å². The maximum absolute atomic E-state index is 11.7. The van der Waals surface area contributed by atoms with Crippen LogP contribution in [0.1, 0.15) is 118 Å². The fourth-order valence-corrected chi connectivity index (χ4v) is 3.09. The minimum absolute atomic E-state index is 0.0673. The monoisotopic (exact) mass is 457 g/mol. The van der Waals surface area contributed by atoms with Crippen LogP contribution in [-0.2, 0) is 23.8 Å². The number of esters is 2. The molecule has 0 aromatic rings. The molecule has 0 aliphatic heterocycles. The van der Waals surface area contributed by atoms with Gasteiger partial charge in [0.25, 0.3) is 0 Å². The molecule has 1 amide bonds. The van der Waals surface area contributed by atoms with Gasteiger partial charge in [-0.3, -0.25) is 9.59 Å². The Hall–Kier alpha value is -1.79. The molecular formula is C25H47NO6. The number of unbranched alkanes of at least 4 members (excludes halogenated alkanes) is 10. The van der Waals surface area contributed by atoms with Crippen LogP contribution in [0.2, 0.25) is 0 Å². The van der Waals surface area contributed by atoms with Crippen molar-refractivity contribution < 1.29 is 28.6 Å². The number of amides is 1. The highest BCUT2D eigenvalue weighted by Gasteiger charge is 2.16. The van der Waals surface area contributed by atoms with Gasteiger partial charge in [-0.25, -0.2) is 4.79 Å². The summed E-state index contributed by atoms with van der Waals surface area (Å²) in [6.45, 7) is 8.15. The van der Waals surface area contributed by atoms with Crippen molar-refractivity contribution in [2.75, 3.05) is 19.8 Å². The Balaban J connectivity index is 3.42. The molecule has 0 bridgehead atoms. The molecule has 32 heavy (non-hydrogen) atoms. The Kier molecular flexibility index (Phi) is 18.8. The molecule has 0 aliphatic carbocycles. The molecular weight excluding hydrogens is 410 g/mol. The zero-order valence-electron chi connectivity index (χ0n) is 21.0. The number of alkyl carbamates (subject to hydrolysis) is 1. The molecule has 0 spiro atoms. The van der Waals surface area contributed by atoms with Crippen molar-refractivity contribution >= 4 is 18.0 Å². The Morgan fingerprint density at radius 1 is 0.656 bits per heavy atom. The van der Waals surface area contributed by atoms with Gasteiger partial charge in [0.2, 0.25) is 0 Å². The third-order valence-corrected chi connectivity index (χ3v) is 4.80. The average molecular weight is 458 g/mol. The molecule has 188 valence electrons. The van der Waals surface area contributed by atoms with Gasteiger partial charge >= 0.3 is 18.0 Å². The molecule has 0 radical (unpaired) electrons. The first-order valence-electron chi connectivity index (χ1n) is 12.5. The second-order valence-corrected chi connectivity index (χ2v) is 9.26. The van der Waals surface area contributed by atoms with Crippen LogP contribution >= 0.6 is 0 Å². The minimum atomic E-state index is -0.574. The van der Waals surface area contributed by atoms with Crippen LogP contribution in [0.4, 0.5) is 4.79 Å². The van der Waals surface area contributed by atoms with E-state index in [0.29, 0.717) is 12.8 Å². The molecule has 7 heteroatoms. The van der Waals surface area contributed by atoms with Crippen LogP contribution < -0.4 is 5.32 Å². The predicted molar refractivity (Wildman–Crippen MR) is 126 cm³/mol. The fourth-order valence-electron chi connectivity index (χ4n) is 3.09. The molecule has 0 heterocycles. The minimum Gasteiger partial charge on any atom is -0.466 e. The highest BCUT2D eigenvalue weighted by Crippen LogP contribution is 2.12. The molecule has 0 unspecified atom stereocenters. The molecule has 0 aromatic heterocycles. The highest BCUT2D eigenvalue weighted by molar-refractivity contribution is 5.72. The first-order valence-corrected chi connectivity index (χ1v) is 12.5. The van der Waals surface area contributed by atoms with Crippen molar-refractivity contribution in [1.29, 1.82) is 0 Å². The first-order chi connectivity index (χ1) is 15.2. The lowest BCUT2D eigenvalue weighted by atomic mass is 10.1. The molecule has 0 aromatic carbocycles. The van der Waals surface area contributed by atoms with Crippen molar-refractivity contribution in [3.8, 4) is 0 Å². The number of rotatable bonds is 19. The maximum Gasteiger partial charge on any atom is 0.407 e. The zero-order valence-corrected chi connectivity index (χ0v) is 21.0. The Morgan fingerprint density at radius 3 is 1.62 bits per heavy atom. The Morgan fingerprint density at radius 2 is 1.12 bits per heavy atom. The fraction of sp³-hybridized carbons (Fsp3) is 0.880. The van der Waals surface area contributed by atoms with Crippen LogP contribution in [-0.4, -0.2) is 43.4 Å². The van der Waals surface area contributed by atoms with E-state index in [1.165, 1.54) is 57.8 Å². The van der Waals surface area contributed by atoms with Gasteiger partial charge in [0.15, 0.2) is 0 Å². The lowest BCUT2D eigenvalue weighted by Gasteiger charge is -2.19. The SMILES string of the molecule is CCCCCCCCCCCCCC(=O)OCCCOC(=O)CCNC(=O)OC(C)(C)C. The van der Waals surface area contributed by atoms with Crippen LogP contribution in [0, 0.1) is 0 Å². The smallest absolute Gasteiger partial charge is 0.407 e. The van der Waals surface area contributed by atoms with Crippen LogP contribution in [0.3, 0.4) is 0 Å². The van der Waals surface area contributed by atoms with E-state index in [9.17, 15) is 14.4 Å². The van der Waals surface area contributed by atoms with Crippen molar-refractivity contribution in [2.24, 2.45) is 0 Å². The van der Waals surface area contributed by atoms with Gasteiger partial charge in [-0.2, -0.15) is 0 Å². The number of ether oxygens (including phenoxy) is 3. The first kappa shape index (κ1) is 30.2. The molecule has 0 rings (SSSR count). The van der Waals surface area contributed by atoms with E-state index in [1.54, 1.807) is 20.8 Å². The summed E-state index contributed by atoms with van der Waals surface area (Å²) in [5.41, 5.74) is -0.574. The maximum atomic E-state index is 11.7. The Bertz CT molecular complexity index is 501. The zero-order chi connectivity index (χ0) is 24.1. The van der Waals surface area contributed by atoms with Gasteiger partial charge in [0.05, 0.1) is 19.6 Å². The molecule has 0 saturated carbocycles. The number of hydrogen-bond acceptors (Lipinski definition) is 6. The summed E-state index contributed by atoms with van der Waals surface area (Å²) < 4.78 is 15.3. The van der Waals surface area contributed by atoms with Gasteiger partial charge in [-0.05, 0) is 27.2 Å². The third kappa shape index (κ3) is 22.9. The summed E-state index contributed by atoms with van der Waals surface area (Å²) in [7, 11) is 0. The number of carbonyl (C=O) groups excluding carboxylic acids is 3. The molecule has 0 atom stereocenters. The molecule has 1 N–H and O–H groups in total. The van der Waals surface area contributed by atoms with E-state index < -0.39 is 17.7 Å². The van der Waals surface area contributed by atoms with Crippen molar-refractivity contribution in [3.05, 3.63) is 0 Å². The predicted octanol–water partition coefficient (Wildman–Crippen LogP) is 6.08. The average Bonchev–Trinajstić information content (AvgIpc) is 2.70. The lowest BCUT2D eigenvalue weighted by molar-refractivity contribution is -0.146. The molecule has 0 saturated heterocycles. The summed E-state index contributed by atoms with van der Waals surface area (Å²) in [5.74, 6) is -0.595. The van der Waals surface area contributed by atoms with Gasteiger partial charge < -0.3 is 19.5 Å². The van der Waals surface area contributed by atoms with Crippen LogP contribution in [0.15, 0.2) is 0 Å². The van der Waals surface area contributed by atoms with Crippen LogP contribution in [0.5, 0.6) is 0 Å². The normalized spacial score (nSPS) is 11.1. The molecule has 0 aliphatic rings.